The molecular formula is C13H15NO5. The lowest BCUT2D eigenvalue weighted by atomic mass is 9.93. The minimum Gasteiger partial charge on any atom is -0.479 e. The van der Waals surface area contributed by atoms with Gasteiger partial charge in [-0.1, -0.05) is 13.0 Å². The Morgan fingerprint density at radius 1 is 1.42 bits per heavy atom. The van der Waals surface area contributed by atoms with Gasteiger partial charge in [-0.25, -0.2) is 9.59 Å². The van der Waals surface area contributed by atoms with Crippen LogP contribution in [0.1, 0.15) is 24.0 Å². The summed E-state index contributed by atoms with van der Waals surface area (Å²) < 4.78 is 6.48. The van der Waals surface area contributed by atoms with Crippen molar-refractivity contribution < 1.29 is 19.4 Å². The number of hydrogen-bond donors (Lipinski definition) is 2. The van der Waals surface area contributed by atoms with Crippen LogP contribution >= 0.6 is 0 Å². The molecule has 0 spiro atoms. The van der Waals surface area contributed by atoms with Crippen molar-refractivity contribution in [1.82, 2.24) is 4.57 Å². The first-order valence-corrected chi connectivity index (χ1v) is 5.84. The Balaban J connectivity index is 2.58. The molecule has 0 fully saturated rings. The van der Waals surface area contributed by atoms with Crippen molar-refractivity contribution in [2.45, 2.75) is 25.9 Å². The van der Waals surface area contributed by atoms with E-state index in [1.54, 1.807) is 33.0 Å². The van der Waals surface area contributed by atoms with Gasteiger partial charge in [0.15, 0.2) is 11.7 Å². The van der Waals surface area contributed by atoms with E-state index < -0.39 is 23.7 Å². The summed E-state index contributed by atoms with van der Waals surface area (Å²) in [6, 6.07) is 3.36. The van der Waals surface area contributed by atoms with Crippen LogP contribution in [0.15, 0.2) is 21.3 Å². The van der Waals surface area contributed by atoms with Gasteiger partial charge in [0.05, 0.1) is 5.52 Å². The summed E-state index contributed by atoms with van der Waals surface area (Å²) in [6.45, 7) is 3.42. The first kappa shape index (κ1) is 13.4. The van der Waals surface area contributed by atoms with E-state index in [1.165, 1.54) is 4.57 Å². The predicted octanol–water partition coefficient (Wildman–Crippen LogP) is 0.989. The van der Waals surface area contributed by atoms with Crippen molar-refractivity contribution in [2.24, 2.45) is 7.05 Å². The van der Waals surface area contributed by atoms with Crippen LogP contribution in [0.2, 0.25) is 0 Å². The number of aliphatic carboxylic acids is 1. The van der Waals surface area contributed by atoms with Crippen molar-refractivity contribution in [1.29, 1.82) is 0 Å². The van der Waals surface area contributed by atoms with Crippen molar-refractivity contribution in [3.05, 3.63) is 33.8 Å². The molecule has 102 valence electrons. The van der Waals surface area contributed by atoms with E-state index in [0.717, 1.165) is 5.56 Å². The Labute approximate surface area is 108 Å². The largest absolute Gasteiger partial charge is 0.479 e. The van der Waals surface area contributed by atoms with Gasteiger partial charge in [-0.2, -0.15) is 0 Å². The van der Waals surface area contributed by atoms with Crippen molar-refractivity contribution >= 4 is 17.1 Å². The molecule has 0 aliphatic heterocycles. The molecule has 1 heterocycles. The molecule has 6 nitrogen and oxygen atoms in total. The van der Waals surface area contributed by atoms with Gasteiger partial charge in [0.25, 0.3) is 0 Å². The molecule has 2 rings (SSSR count). The highest BCUT2D eigenvalue weighted by molar-refractivity contribution is 5.79. The summed E-state index contributed by atoms with van der Waals surface area (Å²) in [7, 11) is 1.61. The molecule has 2 aromatic rings. The summed E-state index contributed by atoms with van der Waals surface area (Å²) in [5.41, 5.74) is 2.48. The van der Waals surface area contributed by atoms with Crippen LogP contribution in [0, 0.1) is 6.92 Å². The third-order valence-electron chi connectivity index (χ3n) is 3.35. The number of aliphatic hydroxyl groups is 1. The minimum atomic E-state index is -1.49. The maximum Gasteiger partial charge on any atom is 0.419 e. The van der Waals surface area contributed by atoms with Gasteiger partial charge in [0.2, 0.25) is 0 Å². The number of oxazole rings is 1. The zero-order valence-corrected chi connectivity index (χ0v) is 10.9. The Bertz CT molecular complexity index is 697. The SMILES string of the molecule is Cc1cc(C(C)C(O)C(=O)O)cc2oc(=O)n(C)c12. The molecule has 1 aromatic carbocycles. The molecule has 0 aliphatic rings. The third-order valence-corrected chi connectivity index (χ3v) is 3.35. The molecule has 1 aromatic heterocycles. The molecule has 2 N–H and O–H groups in total. The first-order valence-electron chi connectivity index (χ1n) is 5.84. The maximum absolute atomic E-state index is 11.5. The Morgan fingerprint density at radius 2 is 2.05 bits per heavy atom. The van der Waals surface area contributed by atoms with Crippen LogP contribution in [0.3, 0.4) is 0 Å². The summed E-state index contributed by atoms with van der Waals surface area (Å²) in [5.74, 6) is -2.34. The van der Waals surface area contributed by atoms with E-state index >= 15 is 0 Å². The van der Waals surface area contributed by atoms with Crippen LogP contribution in [-0.2, 0) is 11.8 Å². The predicted molar refractivity (Wildman–Crippen MR) is 68.2 cm³/mol. The minimum absolute atomic E-state index is 0.395. The van der Waals surface area contributed by atoms with Gasteiger partial charge in [0, 0.05) is 13.0 Å². The smallest absolute Gasteiger partial charge is 0.419 e. The molecule has 0 saturated carbocycles. The first-order chi connectivity index (χ1) is 8.82. The summed E-state index contributed by atoms with van der Waals surface area (Å²) in [6.07, 6.45) is -1.49. The maximum atomic E-state index is 11.5. The lowest BCUT2D eigenvalue weighted by Crippen LogP contribution is -2.25. The van der Waals surface area contributed by atoms with Gasteiger partial charge >= 0.3 is 11.7 Å². The molecule has 2 atom stereocenters. The van der Waals surface area contributed by atoms with Crippen LogP contribution in [-0.4, -0.2) is 26.9 Å². The third kappa shape index (κ3) is 2.15. The lowest BCUT2D eigenvalue weighted by Gasteiger charge is -2.16. The van der Waals surface area contributed by atoms with Crippen molar-refractivity contribution in [3.63, 3.8) is 0 Å². The van der Waals surface area contributed by atoms with Gasteiger partial charge in [0.1, 0.15) is 0 Å². The summed E-state index contributed by atoms with van der Waals surface area (Å²) in [5, 5.41) is 18.4. The second-order valence-electron chi connectivity index (χ2n) is 4.68. The van der Waals surface area contributed by atoms with Gasteiger partial charge < -0.3 is 14.6 Å². The van der Waals surface area contributed by atoms with Crippen molar-refractivity contribution in [3.8, 4) is 0 Å². The molecule has 0 aliphatic carbocycles. The van der Waals surface area contributed by atoms with Gasteiger partial charge in [-0.05, 0) is 24.1 Å². The number of aromatic nitrogens is 1. The topological polar surface area (TPSA) is 92.7 Å². The standard InChI is InChI=1S/C13H15NO5/c1-6-4-8(7(2)11(15)12(16)17)5-9-10(6)14(3)13(18)19-9/h4-5,7,11,15H,1-3H3,(H,16,17). The average Bonchev–Trinajstić information content (AvgIpc) is 2.63. The number of fused-ring (bicyclic) bond motifs is 1. The van der Waals surface area contributed by atoms with Crippen LogP contribution in [0.4, 0.5) is 0 Å². The summed E-state index contributed by atoms with van der Waals surface area (Å²) in [4.78, 5) is 22.3. The Hall–Kier alpha value is -2.08. The Morgan fingerprint density at radius 3 is 2.63 bits per heavy atom. The Kier molecular flexibility index (Phi) is 3.20. The molecular weight excluding hydrogens is 250 g/mol. The molecule has 0 bridgehead atoms. The number of nitrogens with zero attached hydrogens (tertiary/aromatic N) is 1. The van der Waals surface area contributed by atoms with Crippen LogP contribution in [0.25, 0.3) is 11.1 Å². The highest BCUT2D eigenvalue weighted by atomic mass is 16.4. The van der Waals surface area contributed by atoms with Gasteiger partial charge in [-0.15, -0.1) is 0 Å². The fraction of sp³-hybridized carbons (Fsp3) is 0.385. The number of carboxylic acids is 1. The van der Waals surface area contributed by atoms with E-state index in [1.807, 2.05) is 0 Å². The normalized spacial score (nSPS) is 14.5. The molecule has 19 heavy (non-hydrogen) atoms. The fourth-order valence-corrected chi connectivity index (χ4v) is 2.19. The second kappa shape index (κ2) is 4.55. The van der Waals surface area contributed by atoms with E-state index in [-0.39, 0.29) is 0 Å². The van der Waals surface area contributed by atoms with Crippen LogP contribution in [0.5, 0.6) is 0 Å². The number of hydrogen-bond acceptors (Lipinski definition) is 4. The lowest BCUT2D eigenvalue weighted by molar-refractivity contribution is -0.147. The van der Waals surface area contributed by atoms with Gasteiger partial charge in [-0.3, -0.25) is 4.57 Å². The number of benzene rings is 1. The zero-order chi connectivity index (χ0) is 14.3. The zero-order valence-electron chi connectivity index (χ0n) is 10.9. The highest BCUT2D eigenvalue weighted by Gasteiger charge is 2.24. The number of aryl methyl sites for hydroxylation is 2. The molecule has 0 radical (unpaired) electrons. The molecule has 2 unspecified atom stereocenters. The quantitative estimate of drug-likeness (QED) is 0.863. The number of carbonyl (C=O) groups is 1. The van der Waals surface area contributed by atoms with E-state index in [0.29, 0.717) is 16.7 Å². The molecule has 6 heteroatoms. The monoisotopic (exact) mass is 265 g/mol. The number of aliphatic hydroxyl groups excluding tert-OH is 1. The molecule has 0 saturated heterocycles. The highest BCUT2D eigenvalue weighted by Crippen LogP contribution is 2.26. The average molecular weight is 265 g/mol. The van der Waals surface area contributed by atoms with E-state index in [2.05, 4.69) is 0 Å². The van der Waals surface area contributed by atoms with E-state index in [9.17, 15) is 14.7 Å². The van der Waals surface area contributed by atoms with Crippen LogP contribution < -0.4 is 5.76 Å². The van der Waals surface area contributed by atoms with Crippen molar-refractivity contribution in [2.75, 3.05) is 0 Å². The fourth-order valence-electron chi connectivity index (χ4n) is 2.19. The number of rotatable bonds is 3. The second-order valence-corrected chi connectivity index (χ2v) is 4.68. The molecule has 0 amide bonds. The van der Waals surface area contributed by atoms with E-state index in [4.69, 9.17) is 9.52 Å². The summed E-state index contributed by atoms with van der Waals surface area (Å²) >= 11 is 0. The number of carboxylic acid groups (broad SMARTS) is 1.